The van der Waals surface area contributed by atoms with Gasteiger partial charge in [-0.05, 0) is 42.7 Å². The number of carboxylic acid groups (broad SMARTS) is 1. The average Bonchev–Trinajstić information content (AvgIpc) is 2.51. The van der Waals surface area contributed by atoms with Crippen LogP contribution in [0.25, 0.3) is 0 Å². The Kier molecular flexibility index (Phi) is 7.45. The zero-order valence-electron chi connectivity index (χ0n) is 18.3. The SMILES string of the molecule is CC[C@H](O[C@@](C)(CC)Sc1cc(C(C)(C)C)c(O)c(C(C)(C)C)c1)C(=O)O. The van der Waals surface area contributed by atoms with Crippen molar-refractivity contribution < 1.29 is 19.7 Å². The number of rotatable bonds is 7. The third-order valence-electron chi connectivity index (χ3n) is 4.71. The van der Waals surface area contributed by atoms with Gasteiger partial charge >= 0.3 is 5.97 Å². The maximum absolute atomic E-state index is 11.4. The van der Waals surface area contributed by atoms with Crippen molar-refractivity contribution >= 4 is 17.7 Å². The molecule has 2 atom stereocenters. The average molecular weight is 397 g/mol. The molecule has 0 unspecified atom stereocenters. The van der Waals surface area contributed by atoms with Gasteiger partial charge in [-0.1, -0.05) is 67.2 Å². The van der Waals surface area contributed by atoms with Crippen molar-refractivity contribution in [2.75, 3.05) is 0 Å². The fourth-order valence-electron chi connectivity index (χ4n) is 2.85. The van der Waals surface area contributed by atoms with E-state index in [4.69, 9.17) is 4.74 Å². The molecule has 0 aliphatic carbocycles. The molecule has 4 nitrogen and oxygen atoms in total. The Morgan fingerprint density at radius 3 is 1.78 bits per heavy atom. The van der Waals surface area contributed by atoms with Crippen LogP contribution in [0.3, 0.4) is 0 Å². The van der Waals surface area contributed by atoms with Crippen LogP contribution in [-0.2, 0) is 20.4 Å². The van der Waals surface area contributed by atoms with E-state index in [2.05, 4.69) is 41.5 Å². The number of aliphatic carboxylic acids is 1. The molecule has 2 N–H and O–H groups in total. The maximum atomic E-state index is 11.4. The summed E-state index contributed by atoms with van der Waals surface area (Å²) in [5.74, 6) is -0.593. The van der Waals surface area contributed by atoms with E-state index in [-0.39, 0.29) is 10.8 Å². The van der Waals surface area contributed by atoms with Crippen LogP contribution in [0.5, 0.6) is 5.75 Å². The molecule has 1 aromatic rings. The first kappa shape index (κ1) is 23.8. The van der Waals surface area contributed by atoms with Crippen molar-refractivity contribution in [3.8, 4) is 5.75 Å². The molecule has 1 aromatic carbocycles. The van der Waals surface area contributed by atoms with Gasteiger partial charge in [-0.3, -0.25) is 0 Å². The highest BCUT2D eigenvalue weighted by Crippen LogP contribution is 2.45. The number of thioether (sulfide) groups is 1. The zero-order chi connectivity index (χ0) is 21.2. The summed E-state index contributed by atoms with van der Waals surface area (Å²) >= 11 is 1.52. The first-order valence-electron chi connectivity index (χ1n) is 9.62. The van der Waals surface area contributed by atoms with Gasteiger partial charge < -0.3 is 14.9 Å². The Hall–Kier alpha value is -1.20. The van der Waals surface area contributed by atoms with Gasteiger partial charge in [-0.2, -0.15) is 0 Å². The molecule has 0 spiro atoms. The minimum atomic E-state index is -0.936. The summed E-state index contributed by atoms with van der Waals surface area (Å²) in [7, 11) is 0. The lowest BCUT2D eigenvalue weighted by molar-refractivity contribution is -0.156. The van der Waals surface area contributed by atoms with E-state index in [1.165, 1.54) is 11.8 Å². The fourth-order valence-corrected chi connectivity index (χ4v) is 4.01. The normalized spacial score (nSPS) is 16.0. The van der Waals surface area contributed by atoms with Gasteiger partial charge in [0.1, 0.15) is 10.7 Å². The van der Waals surface area contributed by atoms with Gasteiger partial charge in [0, 0.05) is 16.0 Å². The number of ether oxygens (including phenoxy) is 1. The highest BCUT2D eigenvalue weighted by molar-refractivity contribution is 8.00. The van der Waals surface area contributed by atoms with E-state index < -0.39 is 17.0 Å². The van der Waals surface area contributed by atoms with Crippen molar-refractivity contribution in [3.63, 3.8) is 0 Å². The highest BCUT2D eigenvalue weighted by atomic mass is 32.2. The third-order valence-corrected chi connectivity index (χ3v) is 6.00. The summed E-state index contributed by atoms with van der Waals surface area (Å²) in [5.41, 5.74) is 1.36. The molecule has 0 heterocycles. The topological polar surface area (TPSA) is 66.8 Å². The van der Waals surface area contributed by atoms with Crippen molar-refractivity contribution in [2.45, 2.75) is 102 Å². The summed E-state index contributed by atoms with van der Waals surface area (Å²) in [4.78, 5) is 11.7. The lowest BCUT2D eigenvalue weighted by Crippen LogP contribution is -2.34. The molecule has 0 radical (unpaired) electrons. The monoisotopic (exact) mass is 396 g/mol. The molecule has 1 rings (SSSR count). The Balaban J connectivity index is 3.41. The Bertz CT molecular complexity index is 635. The summed E-state index contributed by atoms with van der Waals surface area (Å²) in [6.45, 7) is 18.2. The Morgan fingerprint density at radius 2 is 1.48 bits per heavy atom. The van der Waals surface area contributed by atoms with Crippen LogP contribution in [0.1, 0.15) is 86.3 Å². The van der Waals surface area contributed by atoms with Crippen LogP contribution in [0.15, 0.2) is 17.0 Å². The second-order valence-corrected chi connectivity index (χ2v) is 10.8. The van der Waals surface area contributed by atoms with Crippen LogP contribution >= 0.6 is 11.8 Å². The predicted octanol–water partition coefficient (Wildman–Crippen LogP) is 6.09. The fraction of sp³-hybridized carbons (Fsp3) is 0.682. The number of hydrogen-bond donors (Lipinski definition) is 2. The quantitative estimate of drug-likeness (QED) is 0.431. The standard InChI is InChI=1S/C22H36O4S/c1-10-17(19(24)25)26-22(9,11-2)27-14-12-15(20(3,4)5)18(23)16(13-14)21(6,7)8/h12-13,17,23H,10-11H2,1-9H3,(H,24,25)/t17-,22+/m0/s1. The second kappa shape index (κ2) is 8.44. The molecule has 5 heteroatoms. The molecule has 0 aromatic heterocycles. The van der Waals surface area contributed by atoms with Gasteiger partial charge in [0.05, 0.1) is 0 Å². The van der Waals surface area contributed by atoms with Gasteiger partial charge in [0.2, 0.25) is 0 Å². The van der Waals surface area contributed by atoms with E-state index in [0.29, 0.717) is 18.6 Å². The van der Waals surface area contributed by atoms with E-state index in [9.17, 15) is 15.0 Å². The minimum absolute atomic E-state index is 0.211. The highest BCUT2D eigenvalue weighted by Gasteiger charge is 2.33. The molecule has 0 saturated heterocycles. The van der Waals surface area contributed by atoms with Crippen LogP contribution in [0, 0.1) is 0 Å². The number of carboxylic acids is 1. The molecule has 0 amide bonds. The second-order valence-electron chi connectivity index (χ2n) is 9.31. The molecular formula is C22H36O4S. The van der Waals surface area contributed by atoms with Crippen LogP contribution < -0.4 is 0 Å². The molecule has 0 bridgehead atoms. The minimum Gasteiger partial charge on any atom is -0.507 e. The van der Waals surface area contributed by atoms with Gasteiger partial charge in [-0.25, -0.2) is 4.79 Å². The third kappa shape index (κ3) is 6.15. The Morgan fingerprint density at radius 1 is 1.04 bits per heavy atom. The number of aromatic hydroxyl groups is 1. The van der Waals surface area contributed by atoms with Gasteiger partial charge in [-0.15, -0.1) is 0 Å². The summed E-state index contributed by atoms with van der Waals surface area (Å²) in [6, 6.07) is 4.02. The predicted molar refractivity (Wildman–Crippen MR) is 113 cm³/mol. The lowest BCUT2D eigenvalue weighted by atomic mass is 9.79. The van der Waals surface area contributed by atoms with Crippen molar-refractivity contribution in [1.29, 1.82) is 0 Å². The molecule has 0 aliphatic rings. The number of phenolic OH excluding ortho intramolecular Hbond substituents is 1. The molecular weight excluding hydrogens is 360 g/mol. The molecule has 0 saturated carbocycles. The lowest BCUT2D eigenvalue weighted by Gasteiger charge is -2.33. The summed E-state index contributed by atoms with van der Waals surface area (Å²) < 4.78 is 5.98. The van der Waals surface area contributed by atoms with Gasteiger partial charge in [0.15, 0.2) is 6.10 Å². The van der Waals surface area contributed by atoms with Crippen molar-refractivity contribution in [1.82, 2.24) is 0 Å². The van der Waals surface area contributed by atoms with E-state index in [0.717, 1.165) is 16.0 Å². The Labute approximate surface area is 168 Å². The molecule has 0 aliphatic heterocycles. The number of carbonyl (C=O) groups is 1. The number of benzene rings is 1. The molecule has 27 heavy (non-hydrogen) atoms. The molecule has 0 fully saturated rings. The maximum Gasteiger partial charge on any atom is 0.332 e. The van der Waals surface area contributed by atoms with E-state index in [1.54, 1.807) is 0 Å². The first-order chi connectivity index (χ1) is 12.1. The number of phenols is 1. The van der Waals surface area contributed by atoms with E-state index in [1.807, 2.05) is 32.9 Å². The van der Waals surface area contributed by atoms with Crippen LogP contribution in [0.2, 0.25) is 0 Å². The number of hydrogen-bond acceptors (Lipinski definition) is 4. The van der Waals surface area contributed by atoms with E-state index >= 15 is 0 Å². The van der Waals surface area contributed by atoms with Crippen molar-refractivity contribution in [3.05, 3.63) is 23.3 Å². The summed E-state index contributed by atoms with van der Waals surface area (Å²) in [5, 5.41) is 20.2. The van der Waals surface area contributed by atoms with Gasteiger partial charge in [0.25, 0.3) is 0 Å². The zero-order valence-corrected chi connectivity index (χ0v) is 19.1. The van der Waals surface area contributed by atoms with Crippen molar-refractivity contribution in [2.24, 2.45) is 0 Å². The molecule has 154 valence electrons. The largest absolute Gasteiger partial charge is 0.507 e. The van der Waals surface area contributed by atoms with Crippen LogP contribution in [0.4, 0.5) is 0 Å². The summed E-state index contributed by atoms with van der Waals surface area (Å²) in [6.07, 6.45) is 0.253. The smallest absolute Gasteiger partial charge is 0.332 e. The van der Waals surface area contributed by atoms with Crippen LogP contribution in [-0.4, -0.2) is 27.2 Å². The first-order valence-corrected chi connectivity index (χ1v) is 10.4.